The summed E-state index contributed by atoms with van der Waals surface area (Å²) in [7, 11) is -2.30. The van der Waals surface area contributed by atoms with Gasteiger partial charge in [-0.15, -0.1) is 0 Å². The predicted molar refractivity (Wildman–Crippen MR) is 111 cm³/mol. The average molecular weight is 445 g/mol. The molecule has 10 heteroatoms. The van der Waals surface area contributed by atoms with Gasteiger partial charge in [0.25, 0.3) is 5.91 Å². The first-order chi connectivity index (χ1) is 14.6. The minimum Gasteiger partial charge on any atom is -0.480 e. The molecule has 0 saturated heterocycles. The van der Waals surface area contributed by atoms with Crippen LogP contribution in [0.25, 0.3) is 11.3 Å². The Hall–Kier alpha value is -3.53. The lowest BCUT2D eigenvalue weighted by Crippen LogP contribution is -2.28. The van der Waals surface area contributed by atoms with E-state index in [0.29, 0.717) is 22.5 Å². The van der Waals surface area contributed by atoms with Crippen molar-refractivity contribution in [1.82, 2.24) is 15.1 Å². The number of nitrogens with one attached hydrogen (secondary N) is 1. The SMILES string of the molecule is C[C@@H](NC(=O)c1cc(-c2ccc(F)cc2)nn1C)c1ccc(S(=O)(=O)CC(=O)O)cc1. The quantitative estimate of drug-likeness (QED) is 0.577. The van der Waals surface area contributed by atoms with Gasteiger partial charge >= 0.3 is 5.97 Å². The third-order valence-corrected chi connectivity index (χ3v) is 6.27. The van der Waals surface area contributed by atoms with Crippen LogP contribution in [0, 0.1) is 5.82 Å². The second kappa shape index (κ2) is 8.68. The molecule has 0 aliphatic rings. The highest BCUT2D eigenvalue weighted by Crippen LogP contribution is 2.21. The monoisotopic (exact) mass is 445 g/mol. The highest BCUT2D eigenvalue weighted by Gasteiger charge is 2.20. The van der Waals surface area contributed by atoms with E-state index in [1.54, 1.807) is 32.2 Å². The van der Waals surface area contributed by atoms with Crippen LogP contribution in [0.3, 0.4) is 0 Å². The molecule has 31 heavy (non-hydrogen) atoms. The summed E-state index contributed by atoms with van der Waals surface area (Å²) in [6, 6.07) is 12.6. The van der Waals surface area contributed by atoms with Crippen LogP contribution in [0.4, 0.5) is 4.39 Å². The maximum Gasteiger partial charge on any atom is 0.319 e. The number of aliphatic carboxylic acids is 1. The molecule has 3 rings (SSSR count). The van der Waals surface area contributed by atoms with Gasteiger partial charge in [-0.2, -0.15) is 5.10 Å². The minimum absolute atomic E-state index is 0.104. The molecule has 0 radical (unpaired) electrons. The topological polar surface area (TPSA) is 118 Å². The molecule has 0 aliphatic heterocycles. The average Bonchev–Trinajstić information content (AvgIpc) is 3.09. The standard InChI is InChI=1S/C21H20FN3O5S/c1-13(14-5-9-17(10-6-14)31(29,30)12-20(26)27)23-21(28)19-11-18(24-25(19)2)15-3-7-16(22)8-4-15/h3-11,13H,12H2,1-2H3,(H,23,28)(H,26,27)/t13-/m1/s1. The molecule has 1 atom stereocenters. The maximum atomic E-state index is 13.1. The highest BCUT2D eigenvalue weighted by molar-refractivity contribution is 7.92. The van der Waals surface area contributed by atoms with E-state index in [4.69, 9.17) is 5.11 Å². The van der Waals surface area contributed by atoms with E-state index in [1.807, 2.05) is 0 Å². The van der Waals surface area contributed by atoms with Crippen molar-refractivity contribution in [3.63, 3.8) is 0 Å². The molecule has 3 aromatic rings. The van der Waals surface area contributed by atoms with Gasteiger partial charge in [-0.25, -0.2) is 12.8 Å². The number of hydrogen-bond donors (Lipinski definition) is 2. The van der Waals surface area contributed by atoms with Crippen LogP contribution in [0.1, 0.15) is 29.0 Å². The van der Waals surface area contributed by atoms with Gasteiger partial charge in [0.15, 0.2) is 15.6 Å². The Labute approximate surface area is 178 Å². The van der Waals surface area contributed by atoms with E-state index in [-0.39, 0.29) is 10.7 Å². The van der Waals surface area contributed by atoms with Gasteiger partial charge in [0, 0.05) is 12.6 Å². The van der Waals surface area contributed by atoms with Crippen molar-refractivity contribution in [2.45, 2.75) is 17.9 Å². The number of halogens is 1. The Morgan fingerprint density at radius 2 is 1.74 bits per heavy atom. The third-order valence-electron chi connectivity index (χ3n) is 4.65. The first kappa shape index (κ1) is 22.2. The molecule has 1 amide bonds. The van der Waals surface area contributed by atoms with Gasteiger partial charge < -0.3 is 10.4 Å². The number of amides is 1. The molecule has 8 nitrogen and oxygen atoms in total. The number of carboxylic acid groups (broad SMARTS) is 1. The van der Waals surface area contributed by atoms with Crippen molar-refractivity contribution in [3.05, 3.63) is 71.7 Å². The zero-order valence-electron chi connectivity index (χ0n) is 16.7. The van der Waals surface area contributed by atoms with Gasteiger partial charge in [-0.1, -0.05) is 12.1 Å². The normalized spacial score (nSPS) is 12.4. The Morgan fingerprint density at radius 1 is 1.13 bits per heavy atom. The number of aryl methyl sites for hydroxylation is 1. The second-order valence-electron chi connectivity index (χ2n) is 6.96. The molecule has 0 aliphatic carbocycles. The van der Waals surface area contributed by atoms with E-state index in [0.717, 1.165) is 0 Å². The van der Waals surface area contributed by atoms with Crippen molar-refractivity contribution in [2.24, 2.45) is 7.05 Å². The van der Waals surface area contributed by atoms with Gasteiger partial charge in [-0.05, 0) is 55.0 Å². The lowest BCUT2D eigenvalue weighted by Gasteiger charge is -2.15. The van der Waals surface area contributed by atoms with Gasteiger partial charge in [0.05, 0.1) is 16.6 Å². The highest BCUT2D eigenvalue weighted by atomic mass is 32.2. The van der Waals surface area contributed by atoms with E-state index in [9.17, 15) is 22.4 Å². The molecule has 0 unspecified atom stereocenters. The van der Waals surface area contributed by atoms with Crippen molar-refractivity contribution < 1.29 is 27.5 Å². The lowest BCUT2D eigenvalue weighted by molar-refractivity contribution is -0.134. The minimum atomic E-state index is -3.92. The van der Waals surface area contributed by atoms with Crippen LogP contribution < -0.4 is 5.32 Å². The fourth-order valence-corrected chi connectivity index (χ4v) is 4.05. The van der Waals surface area contributed by atoms with Crippen LogP contribution in [-0.2, 0) is 21.7 Å². The van der Waals surface area contributed by atoms with Crippen molar-refractivity contribution in [3.8, 4) is 11.3 Å². The summed E-state index contributed by atoms with van der Waals surface area (Å²) in [5, 5.41) is 15.8. The van der Waals surface area contributed by atoms with Crippen LogP contribution in [0.15, 0.2) is 59.5 Å². The van der Waals surface area contributed by atoms with Gasteiger partial charge in [0.1, 0.15) is 11.5 Å². The Bertz CT molecular complexity index is 1220. The predicted octanol–water partition coefficient (Wildman–Crippen LogP) is 2.58. The summed E-state index contributed by atoms with van der Waals surface area (Å²) in [6.45, 7) is 1.73. The van der Waals surface area contributed by atoms with Crippen LogP contribution in [0.2, 0.25) is 0 Å². The number of benzene rings is 2. The number of carboxylic acids is 1. The smallest absolute Gasteiger partial charge is 0.319 e. The van der Waals surface area contributed by atoms with E-state index in [1.165, 1.54) is 41.1 Å². The summed E-state index contributed by atoms with van der Waals surface area (Å²) in [6.07, 6.45) is 0. The van der Waals surface area contributed by atoms with Crippen LogP contribution >= 0.6 is 0 Å². The second-order valence-corrected chi connectivity index (χ2v) is 8.95. The largest absolute Gasteiger partial charge is 0.480 e. The number of carbonyl (C=O) groups excluding carboxylic acids is 1. The molecule has 1 aromatic heterocycles. The molecule has 0 saturated carbocycles. The fraction of sp³-hybridized carbons (Fsp3) is 0.190. The number of rotatable bonds is 7. The molecular weight excluding hydrogens is 425 g/mol. The van der Waals surface area contributed by atoms with E-state index in [2.05, 4.69) is 10.4 Å². The number of hydrogen-bond acceptors (Lipinski definition) is 5. The first-order valence-corrected chi connectivity index (χ1v) is 10.9. The van der Waals surface area contributed by atoms with Gasteiger partial charge in [-0.3, -0.25) is 14.3 Å². The molecule has 2 N–H and O–H groups in total. The fourth-order valence-electron chi connectivity index (χ4n) is 3.01. The zero-order chi connectivity index (χ0) is 22.8. The summed E-state index contributed by atoms with van der Waals surface area (Å²) in [5.74, 6) is -3.18. The Kier molecular flexibility index (Phi) is 6.21. The molecule has 162 valence electrons. The van der Waals surface area contributed by atoms with Crippen LogP contribution in [0.5, 0.6) is 0 Å². The molecule has 0 fully saturated rings. The molecule has 0 bridgehead atoms. The third kappa shape index (κ3) is 5.15. The molecule has 1 heterocycles. The van der Waals surface area contributed by atoms with E-state index < -0.39 is 33.5 Å². The lowest BCUT2D eigenvalue weighted by atomic mass is 10.1. The van der Waals surface area contributed by atoms with Gasteiger partial charge in [0.2, 0.25) is 0 Å². The van der Waals surface area contributed by atoms with Crippen molar-refractivity contribution in [2.75, 3.05) is 5.75 Å². The number of aromatic nitrogens is 2. The summed E-state index contributed by atoms with van der Waals surface area (Å²) < 4.78 is 38.5. The first-order valence-electron chi connectivity index (χ1n) is 9.22. The molecule has 0 spiro atoms. The molecular formula is C21H20FN3O5S. The maximum absolute atomic E-state index is 13.1. The van der Waals surface area contributed by atoms with E-state index >= 15 is 0 Å². The summed E-state index contributed by atoms with van der Waals surface area (Å²) in [4.78, 5) is 23.3. The Morgan fingerprint density at radius 3 is 2.32 bits per heavy atom. The number of sulfone groups is 1. The number of nitrogens with zero attached hydrogens (tertiary/aromatic N) is 2. The van der Waals surface area contributed by atoms with Crippen molar-refractivity contribution in [1.29, 1.82) is 0 Å². The van der Waals surface area contributed by atoms with Crippen molar-refractivity contribution >= 4 is 21.7 Å². The Balaban J connectivity index is 1.73. The molecule has 2 aromatic carbocycles. The summed E-state index contributed by atoms with van der Waals surface area (Å²) >= 11 is 0. The number of carbonyl (C=O) groups is 2. The summed E-state index contributed by atoms with van der Waals surface area (Å²) in [5.41, 5.74) is 2.13. The zero-order valence-corrected chi connectivity index (χ0v) is 17.6. The van der Waals surface area contributed by atoms with Crippen LogP contribution in [-0.4, -0.2) is 40.9 Å².